The first-order valence-electron chi connectivity index (χ1n) is 5.07. The minimum Gasteiger partial charge on any atom is -0.480 e. The number of carboxylic acids is 1. The number of nitrogens with one attached hydrogen (secondary N) is 1. The molecule has 4 heteroatoms. The molecule has 0 spiro atoms. The highest BCUT2D eigenvalue weighted by atomic mass is 16.4. The fourth-order valence-corrected chi connectivity index (χ4v) is 1.71. The molecule has 1 aromatic carbocycles. The van der Waals surface area contributed by atoms with Gasteiger partial charge in [0.1, 0.15) is 5.54 Å². The lowest BCUT2D eigenvalue weighted by Gasteiger charge is -2.18. The van der Waals surface area contributed by atoms with Gasteiger partial charge in [0.05, 0.1) is 0 Å². The van der Waals surface area contributed by atoms with Gasteiger partial charge in [0.15, 0.2) is 0 Å². The number of carboxylic acid groups (broad SMARTS) is 1. The average molecular weight is 218 g/mol. The number of H-pyrrole nitrogens is 1. The van der Waals surface area contributed by atoms with Crippen molar-refractivity contribution in [1.29, 1.82) is 0 Å². The molecule has 1 heterocycles. The van der Waals surface area contributed by atoms with Gasteiger partial charge < -0.3 is 15.8 Å². The minimum absolute atomic E-state index is 0.323. The summed E-state index contributed by atoms with van der Waals surface area (Å²) in [6.07, 6.45) is 2.18. The number of aromatic nitrogens is 1. The van der Waals surface area contributed by atoms with Gasteiger partial charge >= 0.3 is 5.97 Å². The van der Waals surface area contributed by atoms with Gasteiger partial charge in [-0.15, -0.1) is 0 Å². The third-order valence-electron chi connectivity index (χ3n) is 2.68. The molecular formula is C12H14N2O2. The highest BCUT2D eigenvalue weighted by Crippen LogP contribution is 2.17. The fourth-order valence-electron chi connectivity index (χ4n) is 1.71. The smallest absolute Gasteiger partial charge is 0.323 e. The Morgan fingerprint density at radius 2 is 2.25 bits per heavy atom. The lowest BCUT2D eigenvalue weighted by Crippen LogP contribution is -2.46. The molecule has 0 radical (unpaired) electrons. The monoisotopic (exact) mass is 218 g/mol. The molecule has 2 rings (SSSR count). The van der Waals surface area contributed by atoms with Gasteiger partial charge in [-0.1, -0.05) is 6.07 Å². The molecular weight excluding hydrogens is 204 g/mol. The molecule has 0 saturated heterocycles. The summed E-state index contributed by atoms with van der Waals surface area (Å²) < 4.78 is 0. The van der Waals surface area contributed by atoms with E-state index in [1.165, 1.54) is 6.92 Å². The van der Waals surface area contributed by atoms with Crippen molar-refractivity contribution >= 4 is 16.9 Å². The highest BCUT2D eigenvalue weighted by Gasteiger charge is 2.27. The van der Waals surface area contributed by atoms with E-state index in [-0.39, 0.29) is 0 Å². The van der Waals surface area contributed by atoms with Crippen LogP contribution >= 0.6 is 0 Å². The Hall–Kier alpha value is -1.81. The summed E-state index contributed by atoms with van der Waals surface area (Å²) in [6.45, 7) is 1.52. The normalized spacial score (nSPS) is 14.9. The van der Waals surface area contributed by atoms with Gasteiger partial charge in [-0.3, -0.25) is 4.79 Å². The van der Waals surface area contributed by atoms with E-state index < -0.39 is 11.5 Å². The summed E-state index contributed by atoms with van der Waals surface area (Å²) >= 11 is 0. The van der Waals surface area contributed by atoms with Crippen molar-refractivity contribution in [3.8, 4) is 0 Å². The van der Waals surface area contributed by atoms with Crippen molar-refractivity contribution in [1.82, 2.24) is 4.98 Å². The van der Waals surface area contributed by atoms with Crippen LogP contribution in [0.15, 0.2) is 30.5 Å². The zero-order chi connectivity index (χ0) is 11.8. The Labute approximate surface area is 93.1 Å². The van der Waals surface area contributed by atoms with Crippen molar-refractivity contribution < 1.29 is 9.90 Å². The molecule has 0 aliphatic carbocycles. The Kier molecular flexibility index (Phi) is 2.44. The number of carbonyl (C=O) groups is 1. The topological polar surface area (TPSA) is 79.1 Å². The van der Waals surface area contributed by atoms with Crippen LogP contribution in [0.1, 0.15) is 12.5 Å². The van der Waals surface area contributed by atoms with Crippen LogP contribution in [0.25, 0.3) is 10.9 Å². The van der Waals surface area contributed by atoms with Gasteiger partial charge in [-0.2, -0.15) is 0 Å². The summed E-state index contributed by atoms with van der Waals surface area (Å²) in [7, 11) is 0. The van der Waals surface area contributed by atoms with Gasteiger partial charge in [0, 0.05) is 18.1 Å². The molecule has 0 unspecified atom stereocenters. The first kappa shape index (κ1) is 10.7. The first-order chi connectivity index (χ1) is 7.49. The number of aliphatic carboxylic acids is 1. The Morgan fingerprint density at radius 1 is 1.50 bits per heavy atom. The molecule has 1 atom stereocenters. The van der Waals surface area contributed by atoms with E-state index in [0.717, 1.165) is 16.5 Å². The Morgan fingerprint density at radius 3 is 2.94 bits per heavy atom. The number of benzene rings is 1. The third-order valence-corrected chi connectivity index (χ3v) is 2.68. The molecule has 0 amide bonds. The zero-order valence-corrected chi connectivity index (χ0v) is 9.03. The maximum absolute atomic E-state index is 10.9. The molecule has 0 aliphatic rings. The van der Waals surface area contributed by atoms with E-state index in [2.05, 4.69) is 4.98 Å². The highest BCUT2D eigenvalue weighted by molar-refractivity contribution is 5.81. The lowest BCUT2D eigenvalue weighted by molar-refractivity contribution is -0.142. The van der Waals surface area contributed by atoms with E-state index in [1.807, 2.05) is 30.5 Å². The van der Waals surface area contributed by atoms with E-state index in [1.54, 1.807) is 0 Å². The summed E-state index contributed by atoms with van der Waals surface area (Å²) in [5, 5.41) is 10.0. The second kappa shape index (κ2) is 3.64. The van der Waals surface area contributed by atoms with Crippen LogP contribution < -0.4 is 5.73 Å². The Balaban J connectivity index is 2.30. The molecule has 84 valence electrons. The minimum atomic E-state index is -1.22. The average Bonchev–Trinajstić information content (AvgIpc) is 2.63. The SMILES string of the molecule is C[C@](N)(Cc1ccc2[nH]ccc2c1)C(=O)O. The second-order valence-electron chi connectivity index (χ2n) is 4.30. The molecule has 1 aromatic heterocycles. The molecule has 16 heavy (non-hydrogen) atoms. The zero-order valence-electron chi connectivity index (χ0n) is 9.03. The first-order valence-corrected chi connectivity index (χ1v) is 5.07. The van der Waals surface area contributed by atoms with Crippen molar-refractivity contribution in [2.45, 2.75) is 18.9 Å². The second-order valence-corrected chi connectivity index (χ2v) is 4.30. The molecule has 4 N–H and O–H groups in total. The number of rotatable bonds is 3. The molecule has 0 aliphatic heterocycles. The molecule has 0 bridgehead atoms. The van der Waals surface area contributed by atoms with Crippen LogP contribution in [0.3, 0.4) is 0 Å². The summed E-state index contributed by atoms with van der Waals surface area (Å²) in [4.78, 5) is 14.0. The van der Waals surface area contributed by atoms with Gasteiger partial charge in [0.25, 0.3) is 0 Å². The fraction of sp³-hybridized carbons (Fsp3) is 0.250. The van der Waals surface area contributed by atoms with Crippen LogP contribution in [0.2, 0.25) is 0 Å². The van der Waals surface area contributed by atoms with Crippen LogP contribution in [-0.2, 0) is 11.2 Å². The molecule has 0 saturated carbocycles. The number of hydrogen-bond donors (Lipinski definition) is 3. The summed E-state index contributed by atoms with van der Waals surface area (Å²) in [6, 6.07) is 7.74. The van der Waals surface area contributed by atoms with Gasteiger partial charge in [-0.25, -0.2) is 0 Å². The van der Waals surface area contributed by atoms with E-state index >= 15 is 0 Å². The molecule has 2 aromatic rings. The summed E-state index contributed by atoms with van der Waals surface area (Å²) in [5.74, 6) is -0.985. The standard InChI is InChI=1S/C12H14N2O2/c1-12(13,11(15)16)7-8-2-3-10-9(6-8)4-5-14-10/h2-6,14H,7,13H2,1H3,(H,15,16)/t12-/m0/s1. The largest absolute Gasteiger partial charge is 0.480 e. The number of fused-ring (bicyclic) bond motifs is 1. The van der Waals surface area contributed by atoms with Crippen LogP contribution in [-0.4, -0.2) is 21.6 Å². The van der Waals surface area contributed by atoms with Crippen molar-refractivity contribution in [3.63, 3.8) is 0 Å². The van der Waals surface area contributed by atoms with E-state index in [0.29, 0.717) is 6.42 Å². The van der Waals surface area contributed by atoms with Crippen molar-refractivity contribution in [2.24, 2.45) is 5.73 Å². The lowest BCUT2D eigenvalue weighted by atomic mass is 9.93. The van der Waals surface area contributed by atoms with E-state index in [4.69, 9.17) is 10.8 Å². The molecule has 4 nitrogen and oxygen atoms in total. The predicted molar refractivity (Wildman–Crippen MR) is 62.2 cm³/mol. The number of aromatic amines is 1. The number of nitrogens with two attached hydrogens (primary N) is 1. The third kappa shape index (κ3) is 1.92. The quantitative estimate of drug-likeness (QED) is 0.730. The maximum atomic E-state index is 10.9. The predicted octanol–water partition coefficient (Wildman–Crippen LogP) is 1.51. The van der Waals surface area contributed by atoms with Crippen molar-refractivity contribution in [2.75, 3.05) is 0 Å². The van der Waals surface area contributed by atoms with E-state index in [9.17, 15) is 4.79 Å². The maximum Gasteiger partial charge on any atom is 0.323 e. The molecule has 0 fully saturated rings. The van der Waals surface area contributed by atoms with Crippen LogP contribution in [0.4, 0.5) is 0 Å². The van der Waals surface area contributed by atoms with Crippen LogP contribution in [0.5, 0.6) is 0 Å². The van der Waals surface area contributed by atoms with Gasteiger partial charge in [-0.05, 0) is 36.1 Å². The summed E-state index contributed by atoms with van der Waals surface area (Å²) in [5.41, 5.74) is 6.46. The van der Waals surface area contributed by atoms with Gasteiger partial charge in [0.2, 0.25) is 0 Å². The van der Waals surface area contributed by atoms with Crippen molar-refractivity contribution in [3.05, 3.63) is 36.0 Å². The number of hydrogen-bond acceptors (Lipinski definition) is 2. The van der Waals surface area contributed by atoms with Crippen LogP contribution in [0, 0.1) is 0 Å². The Bertz CT molecular complexity index is 529.